The van der Waals surface area contributed by atoms with Crippen molar-refractivity contribution in [3.8, 4) is 0 Å². The standard InChI is InChI=1S/C16H13NO/c18-16-13-9-5-6-10-15(13)17-11-14(16)12-7-3-1-2-4-8-12/h1,3-11H,2H2,(H,17,18). The van der Waals surface area contributed by atoms with Crippen LogP contribution in [0, 0.1) is 0 Å². The van der Waals surface area contributed by atoms with Gasteiger partial charge in [-0.15, -0.1) is 0 Å². The molecule has 0 unspecified atom stereocenters. The Bertz CT molecular complexity index is 732. The summed E-state index contributed by atoms with van der Waals surface area (Å²) in [6, 6.07) is 7.58. The van der Waals surface area contributed by atoms with E-state index in [1.807, 2.05) is 42.5 Å². The van der Waals surface area contributed by atoms with Gasteiger partial charge < -0.3 is 4.98 Å². The molecule has 0 bridgehead atoms. The van der Waals surface area contributed by atoms with Crippen LogP contribution >= 0.6 is 0 Å². The van der Waals surface area contributed by atoms with Gasteiger partial charge in [-0.3, -0.25) is 4.79 Å². The molecule has 2 heteroatoms. The van der Waals surface area contributed by atoms with Crippen molar-refractivity contribution in [1.82, 2.24) is 4.98 Å². The van der Waals surface area contributed by atoms with Crippen LogP contribution in [0.5, 0.6) is 0 Å². The Morgan fingerprint density at radius 3 is 2.94 bits per heavy atom. The fourth-order valence-corrected chi connectivity index (χ4v) is 2.14. The van der Waals surface area contributed by atoms with Gasteiger partial charge in [-0.1, -0.05) is 42.5 Å². The average molecular weight is 235 g/mol. The Labute approximate surface area is 105 Å². The van der Waals surface area contributed by atoms with E-state index in [2.05, 4.69) is 17.1 Å². The monoisotopic (exact) mass is 235 g/mol. The van der Waals surface area contributed by atoms with Crippen molar-refractivity contribution in [2.24, 2.45) is 0 Å². The molecule has 1 aliphatic rings. The first-order valence-electron chi connectivity index (χ1n) is 6.00. The average Bonchev–Trinajstić information content (AvgIpc) is 2.68. The summed E-state index contributed by atoms with van der Waals surface area (Å²) in [4.78, 5) is 15.6. The number of hydrogen-bond acceptors (Lipinski definition) is 1. The molecular weight excluding hydrogens is 222 g/mol. The molecule has 3 rings (SSSR count). The fourth-order valence-electron chi connectivity index (χ4n) is 2.14. The van der Waals surface area contributed by atoms with Crippen molar-refractivity contribution in [1.29, 1.82) is 0 Å². The van der Waals surface area contributed by atoms with E-state index in [9.17, 15) is 4.79 Å². The number of aromatic nitrogens is 1. The lowest BCUT2D eigenvalue weighted by atomic mass is 10.0. The topological polar surface area (TPSA) is 32.9 Å². The van der Waals surface area contributed by atoms with Crippen molar-refractivity contribution in [2.45, 2.75) is 6.42 Å². The third-order valence-electron chi connectivity index (χ3n) is 3.08. The minimum absolute atomic E-state index is 0.0792. The van der Waals surface area contributed by atoms with E-state index in [0.29, 0.717) is 0 Å². The molecule has 0 aliphatic heterocycles. The van der Waals surface area contributed by atoms with Gasteiger partial charge in [0.2, 0.25) is 0 Å². The molecule has 1 N–H and O–H groups in total. The minimum Gasteiger partial charge on any atom is -0.360 e. The summed E-state index contributed by atoms with van der Waals surface area (Å²) in [5.41, 5.74) is 2.63. The van der Waals surface area contributed by atoms with Crippen LogP contribution in [0.4, 0.5) is 0 Å². The van der Waals surface area contributed by atoms with Crippen LogP contribution in [-0.2, 0) is 0 Å². The normalized spacial score (nSPS) is 14.6. The Morgan fingerprint density at radius 1 is 1.11 bits per heavy atom. The Hall–Kier alpha value is -2.35. The molecule has 88 valence electrons. The highest BCUT2D eigenvalue weighted by Gasteiger charge is 2.07. The van der Waals surface area contributed by atoms with Gasteiger partial charge in [0, 0.05) is 22.7 Å². The third-order valence-corrected chi connectivity index (χ3v) is 3.08. The van der Waals surface area contributed by atoms with Crippen molar-refractivity contribution in [3.05, 3.63) is 76.6 Å². The predicted octanol–water partition coefficient (Wildman–Crippen LogP) is 3.43. The first-order chi connectivity index (χ1) is 8.86. The maximum absolute atomic E-state index is 12.4. The van der Waals surface area contributed by atoms with Gasteiger partial charge in [0.05, 0.1) is 0 Å². The van der Waals surface area contributed by atoms with Crippen LogP contribution in [0.3, 0.4) is 0 Å². The van der Waals surface area contributed by atoms with Crippen LogP contribution in [0.1, 0.15) is 12.0 Å². The van der Waals surface area contributed by atoms with E-state index in [-0.39, 0.29) is 5.43 Å². The number of fused-ring (bicyclic) bond motifs is 1. The van der Waals surface area contributed by atoms with E-state index in [1.165, 1.54) is 0 Å². The quantitative estimate of drug-likeness (QED) is 0.807. The van der Waals surface area contributed by atoms with Gasteiger partial charge in [-0.25, -0.2) is 0 Å². The number of H-pyrrole nitrogens is 1. The second-order valence-corrected chi connectivity index (χ2v) is 4.27. The number of benzene rings is 1. The van der Waals surface area contributed by atoms with E-state index in [0.717, 1.165) is 28.5 Å². The van der Waals surface area contributed by atoms with Crippen molar-refractivity contribution < 1.29 is 0 Å². The van der Waals surface area contributed by atoms with E-state index >= 15 is 0 Å². The van der Waals surface area contributed by atoms with Gasteiger partial charge in [-0.2, -0.15) is 0 Å². The van der Waals surface area contributed by atoms with Crippen LogP contribution in [0.25, 0.3) is 16.5 Å². The Balaban J connectivity index is 2.25. The third kappa shape index (κ3) is 1.82. The Kier molecular flexibility index (Phi) is 2.69. The molecule has 0 amide bonds. The highest BCUT2D eigenvalue weighted by molar-refractivity contribution is 5.84. The zero-order valence-corrected chi connectivity index (χ0v) is 9.89. The van der Waals surface area contributed by atoms with Gasteiger partial charge in [0.15, 0.2) is 5.43 Å². The van der Waals surface area contributed by atoms with Crippen molar-refractivity contribution in [3.63, 3.8) is 0 Å². The van der Waals surface area contributed by atoms with Crippen LogP contribution in [0.2, 0.25) is 0 Å². The SMILES string of the molecule is O=c1c(C2=CC=CCC=C2)c[nH]c2ccccc12. The zero-order valence-electron chi connectivity index (χ0n) is 9.89. The van der Waals surface area contributed by atoms with Crippen LogP contribution in [0.15, 0.2) is 65.6 Å². The van der Waals surface area contributed by atoms with Crippen LogP contribution in [-0.4, -0.2) is 4.98 Å². The summed E-state index contributed by atoms with van der Waals surface area (Å²) in [7, 11) is 0. The molecule has 0 spiro atoms. The summed E-state index contributed by atoms with van der Waals surface area (Å²) < 4.78 is 0. The molecule has 1 aromatic carbocycles. The second-order valence-electron chi connectivity index (χ2n) is 4.27. The molecule has 1 aliphatic carbocycles. The molecule has 1 heterocycles. The molecular formula is C16H13NO. The number of pyridine rings is 1. The van der Waals surface area contributed by atoms with Crippen LogP contribution < -0.4 is 5.43 Å². The molecule has 0 fully saturated rings. The number of nitrogens with one attached hydrogen (secondary N) is 1. The molecule has 1 aromatic heterocycles. The highest BCUT2D eigenvalue weighted by atomic mass is 16.1. The van der Waals surface area contributed by atoms with Gasteiger partial charge in [-0.05, 0) is 24.1 Å². The van der Waals surface area contributed by atoms with Gasteiger partial charge in [0.1, 0.15) is 0 Å². The number of para-hydroxylation sites is 1. The van der Waals surface area contributed by atoms with Gasteiger partial charge >= 0.3 is 0 Å². The first-order valence-corrected chi connectivity index (χ1v) is 6.00. The van der Waals surface area contributed by atoms with Crippen molar-refractivity contribution in [2.75, 3.05) is 0 Å². The zero-order chi connectivity index (χ0) is 12.4. The lowest BCUT2D eigenvalue weighted by Gasteiger charge is -2.03. The molecule has 2 aromatic rings. The molecule has 2 nitrogen and oxygen atoms in total. The lowest BCUT2D eigenvalue weighted by molar-refractivity contribution is 1.36. The fraction of sp³-hybridized carbons (Fsp3) is 0.0625. The molecule has 0 saturated carbocycles. The van der Waals surface area contributed by atoms with Gasteiger partial charge in [0.25, 0.3) is 0 Å². The molecule has 18 heavy (non-hydrogen) atoms. The van der Waals surface area contributed by atoms with E-state index in [1.54, 1.807) is 6.20 Å². The summed E-state index contributed by atoms with van der Waals surface area (Å²) in [6.45, 7) is 0. The maximum Gasteiger partial charge on any atom is 0.197 e. The summed E-state index contributed by atoms with van der Waals surface area (Å²) in [6.07, 6.45) is 12.8. The maximum atomic E-state index is 12.4. The van der Waals surface area contributed by atoms with E-state index < -0.39 is 0 Å². The lowest BCUT2D eigenvalue weighted by Crippen LogP contribution is -2.08. The molecule has 0 atom stereocenters. The number of allylic oxidation sites excluding steroid dienone is 6. The second kappa shape index (κ2) is 4.49. The van der Waals surface area contributed by atoms with Crippen molar-refractivity contribution >= 4 is 16.5 Å². The number of aromatic amines is 1. The largest absolute Gasteiger partial charge is 0.360 e. The molecule has 0 saturated heterocycles. The highest BCUT2D eigenvalue weighted by Crippen LogP contribution is 2.17. The predicted molar refractivity (Wildman–Crippen MR) is 75.4 cm³/mol. The molecule has 0 radical (unpaired) electrons. The summed E-state index contributed by atoms with van der Waals surface area (Å²) in [5, 5.41) is 0.734. The number of hydrogen-bond donors (Lipinski definition) is 1. The Morgan fingerprint density at radius 2 is 2.00 bits per heavy atom. The first kappa shape index (κ1) is 10.8. The minimum atomic E-state index is 0.0792. The summed E-state index contributed by atoms with van der Waals surface area (Å²) >= 11 is 0. The van der Waals surface area contributed by atoms with E-state index in [4.69, 9.17) is 0 Å². The summed E-state index contributed by atoms with van der Waals surface area (Å²) in [5.74, 6) is 0. The smallest absolute Gasteiger partial charge is 0.197 e. The number of rotatable bonds is 1.